The highest BCUT2D eigenvalue weighted by atomic mass is 79.9. The van der Waals surface area contributed by atoms with Crippen LogP contribution in [0.4, 0.5) is 0 Å². The van der Waals surface area contributed by atoms with E-state index in [4.69, 9.17) is 4.74 Å². The molecule has 1 heterocycles. The summed E-state index contributed by atoms with van der Waals surface area (Å²) in [6.45, 7) is 6.61. The van der Waals surface area contributed by atoms with Gasteiger partial charge in [0, 0.05) is 0 Å². The third-order valence-electron chi connectivity index (χ3n) is 3.82. The van der Waals surface area contributed by atoms with E-state index in [9.17, 15) is 0 Å². The lowest BCUT2D eigenvalue weighted by atomic mass is 9.89. The lowest BCUT2D eigenvalue weighted by Gasteiger charge is -2.25. The van der Waals surface area contributed by atoms with Crippen LogP contribution in [0.5, 0.6) is 5.75 Å². The van der Waals surface area contributed by atoms with E-state index in [1.54, 1.807) is 7.11 Å². The molecule has 1 aliphatic rings. The molecule has 1 saturated heterocycles. The number of methoxy groups -OCH3 is 1. The average Bonchev–Trinajstić information content (AvgIpc) is 2.37. The van der Waals surface area contributed by atoms with Gasteiger partial charge < -0.3 is 10.1 Å². The predicted molar refractivity (Wildman–Crippen MR) is 79.5 cm³/mol. The van der Waals surface area contributed by atoms with Gasteiger partial charge in [-0.1, -0.05) is 6.07 Å². The van der Waals surface area contributed by atoms with Crippen molar-refractivity contribution in [2.75, 3.05) is 20.2 Å². The van der Waals surface area contributed by atoms with Crippen LogP contribution in [0.25, 0.3) is 0 Å². The van der Waals surface area contributed by atoms with Crippen molar-refractivity contribution in [2.45, 2.75) is 33.1 Å². The smallest absolute Gasteiger partial charge is 0.136 e. The monoisotopic (exact) mass is 311 g/mol. The first-order chi connectivity index (χ1) is 8.63. The highest BCUT2D eigenvalue weighted by Crippen LogP contribution is 2.36. The SMILES string of the molecule is COc1c(Br)c(C)cc(C)c1CC1CCCNC1. The molecule has 0 bridgehead atoms. The molecule has 1 aliphatic heterocycles. The van der Waals surface area contributed by atoms with Gasteiger partial charge in [0.15, 0.2) is 0 Å². The molecule has 0 amide bonds. The quantitative estimate of drug-likeness (QED) is 0.920. The van der Waals surface area contributed by atoms with Gasteiger partial charge in [-0.15, -0.1) is 0 Å². The van der Waals surface area contributed by atoms with E-state index in [2.05, 4.69) is 41.2 Å². The Morgan fingerprint density at radius 3 is 2.78 bits per heavy atom. The standard InChI is InChI=1S/C15H22BrNO/c1-10-7-11(2)14(16)15(18-3)13(10)8-12-5-4-6-17-9-12/h7,12,17H,4-6,8-9H2,1-3H3. The molecular weight excluding hydrogens is 290 g/mol. The lowest BCUT2D eigenvalue weighted by molar-refractivity contribution is 0.362. The Kier molecular flexibility index (Phi) is 4.68. The molecule has 2 nitrogen and oxygen atoms in total. The van der Waals surface area contributed by atoms with Crippen molar-refractivity contribution >= 4 is 15.9 Å². The number of hydrogen-bond donors (Lipinski definition) is 1. The van der Waals surface area contributed by atoms with Gasteiger partial charge in [-0.25, -0.2) is 0 Å². The maximum absolute atomic E-state index is 5.61. The summed E-state index contributed by atoms with van der Waals surface area (Å²) in [5.41, 5.74) is 3.96. The second kappa shape index (κ2) is 6.07. The summed E-state index contributed by atoms with van der Waals surface area (Å²) in [7, 11) is 1.77. The zero-order chi connectivity index (χ0) is 13.1. The van der Waals surface area contributed by atoms with E-state index in [-0.39, 0.29) is 0 Å². The third-order valence-corrected chi connectivity index (χ3v) is 4.81. The second-order valence-electron chi connectivity index (χ2n) is 5.25. The molecule has 3 heteroatoms. The summed E-state index contributed by atoms with van der Waals surface area (Å²) < 4.78 is 6.72. The lowest BCUT2D eigenvalue weighted by Crippen LogP contribution is -2.31. The van der Waals surface area contributed by atoms with Gasteiger partial charge in [0.25, 0.3) is 0 Å². The van der Waals surface area contributed by atoms with Crippen LogP contribution in [0, 0.1) is 19.8 Å². The number of nitrogens with one attached hydrogen (secondary N) is 1. The molecule has 1 N–H and O–H groups in total. The molecule has 0 radical (unpaired) electrons. The number of piperidine rings is 1. The number of benzene rings is 1. The van der Waals surface area contributed by atoms with Crippen molar-refractivity contribution in [1.82, 2.24) is 5.32 Å². The molecule has 0 spiro atoms. The van der Waals surface area contributed by atoms with Crippen LogP contribution in [0.3, 0.4) is 0 Å². The highest BCUT2D eigenvalue weighted by molar-refractivity contribution is 9.10. The van der Waals surface area contributed by atoms with Crippen molar-refractivity contribution in [3.8, 4) is 5.75 Å². The molecule has 18 heavy (non-hydrogen) atoms. The van der Waals surface area contributed by atoms with Gasteiger partial charge in [-0.2, -0.15) is 0 Å². The van der Waals surface area contributed by atoms with Crippen molar-refractivity contribution in [3.63, 3.8) is 0 Å². The second-order valence-corrected chi connectivity index (χ2v) is 6.05. The van der Waals surface area contributed by atoms with Crippen LogP contribution in [-0.2, 0) is 6.42 Å². The summed E-state index contributed by atoms with van der Waals surface area (Å²) >= 11 is 3.65. The first-order valence-electron chi connectivity index (χ1n) is 6.66. The summed E-state index contributed by atoms with van der Waals surface area (Å²) in [6.07, 6.45) is 3.72. The molecule has 0 aliphatic carbocycles. The van der Waals surface area contributed by atoms with Gasteiger partial charge >= 0.3 is 0 Å². The molecule has 0 aromatic heterocycles. The zero-order valence-electron chi connectivity index (χ0n) is 11.5. The predicted octanol–water partition coefficient (Wildman–Crippen LogP) is 3.62. The number of halogens is 1. The number of ether oxygens (including phenoxy) is 1. The van der Waals surface area contributed by atoms with E-state index < -0.39 is 0 Å². The summed E-state index contributed by atoms with van der Waals surface area (Å²) in [5, 5.41) is 3.49. The molecule has 2 rings (SSSR count). The minimum Gasteiger partial charge on any atom is -0.495 e. The average molecular weight is 312 g/mol. The van der Waals surface area contributed by atoms with Gasteiger partial charge in [0.05, 0.1) is 11.6 Å². The van der Waals surface area contributed by atoms with E-state index in [0.29, 0.717) is 0 Å². The number of rotatable bonds is 3. The van der Waals surface area contributed by atoms with E-state index in [1.165, 1.54) is 36.1 Å². The number of aryl methyl sites for hydroxylation is 2. The van der Waals surface area contributed by atoms with Gasteiger partial charge in [-0.05, 0) is 84.7 Å². The van der Waals surface area contributed by atoms with Gasteiger partial charge in [0.1, 0.15) is 5.75 Å². The fourth-order valence-electron chi connectivity index (χ4n) is 2.82. The molecule has 0 saturated carbocycles. The maximum Gasteiger partial charge on any atom is 0.136 e. The normalized spacial score (nSPS) is 19.9. The summed E-state index contributed by atoms with van der Waals surface area (Å²) in [5.74, 6) is 1.76. The van der Waals surface area contributed by atoms with Crippen molar-refractivity contribution in [2.24, 2.45) is 5.92 Å². The van der Waals surface area contributed by atoms with Crippen molar-refractivity contribution in [1.29, 1.82) is 0 Å². The third kappa shape index (κ3) is 2.89. The van der Waals surface area contributed by atoms with Crippen molar-refractivity contribution < 1.29 is 4.74 Å². The van der Waals surface area contributed by atoms with E-state index >= 15 is 0 Å². The molecule has 1 aromatic carbocycles. The number of hydrogen-bond acceptors (Lipinski definition) is 2. The Hall–Kier alpha value is -0.540. The van der Waals surface area contributed by atoms with E-state index in [1.807, 2.05) is 0 Å². The van der Waals surface area contributed by atoms with Crippen molar-refractivity contribution in [3.05, 3.63) is 27.2 Å². The maximum atomic E-state index is 5.61. The van der Waals surface area contributed by atoms with Crippen LogP contribution in [0.1, 0.15) is 29.5 Å². The van der Waals surface area contributed by atoms with E-state index in [0.717, 1.165) is 29.1 Å². The minimum absolute atomic E-state index is 0.737. The van der Waals surface area contributed by atoms with Crippen LogP contribution in [0.15, 0.2) is 10.5 Å². The molecule has 1 aromatic rings. The van der Waals surface area contributed by atoms with Crippen LogP contribution >= 0.6 is 15.9 Å². The summed E-state index contributed by atoms with van der Waals surface area (Å²) in [4.78, 5) is 0. The van der Waals surface area contributed by atoms with Crippen LogP contribution in [-0.4, -0.2) is 20.2 Å². The fourth-order valence-corrected chi connectivity index (χ4v) is 3.33. The Morgan fingerprint density at radius 2 is 2.17 bits per heavy atom. The first kappa shape index (κ1) is 13.9. The first-order valence-corrected chi connectivity index (χ1v) is 7.46. The molecule has 1 fully saturated rings. The Balaban J connectivity index is 2.28. The molecule has 1 unspecified atom stereocenters. The minimum atomic E-state index is 0.737. The topological polar surface area (TPSA) is 21.3 Å². The molecule has 1 atom stereocenters. The fraction of sp³-hybridized carbons (Fsp3) is 0.600. The molecule has 100 valence electrons. The highest BCUT2D eigenvalue weighted by Gasteiger charge is 2.19. The largest absolute Gasteiger partial charge is 0.495 e. The Labute approximate surface area is 118 Å². The van der Waals surface area contributed by atoms with Gasteiger partial charge in [0.2, 0.25) is 0 Å². The zero-order valence-corrected chi connectivity index (χ0v) is 13.1. The van der Waals surface area contributed by atoms with Gasteiger partial charge in [-0.3, -0.25) is 0 Å². The summed E-state index contributed by atoms with van der Waals surface area (Å²) in [6, 6.07) is 2.25. The van der Waals surface area contributed by atoms with Crippen LogP contribution < -0.4 is 10.1 Å². The Morgan fingerprint density at radius 1 is 1.39 bits per heavy atom. The van der Waals surface area contributed by atoms with Crippen LogP contribution in [0.2, 0.25) is 0 Å². The Bertz CT molecular complexity index is 425. The molecular formula is C15H22BrNO.